The molecule has 1 aliphatic rings. The highest BCUT2D eigenvalue weighted by molar-refractivity contribution is 6.62. The number of aromatic nitrogens is 2. The molecule has 0 atom stereocenters. The van der Waals surface area contributed by atoms with Crippen molar-refractivity contribution in [3.8, 4) is 16.8 Å². The maximum absolute atomic E-state index is 6.10. The molecule has 1 aliphatic heterocycles. The SMILES string of the molecule is CC1(C)OB(c2cnn(-c3ccc(-c4ccccc4)cc3)c2)OC1(C)C. The van der Waals surface area contributed by atoms with Gasteiger partial charge in [0.1, 0.15) is 0 Å². The van der Waals surface area contributed by atoms with E-state index in [1.807, 2.05) is 35.3 Å². The number of hydrogen-bond donors (Lipinski definition) is 0. The molecule has 1 saturated heterocycles. The van der Waals surface area contributed by atoms with Gasteiger partial charge in [-0.05, 0) is 51.0 Å². The number of hydrogen-bond acceptors (Lipinski definition) is 3. The third-order valence-corrected chi connectivity index (χ3v) is 5.37. The van der Waals surface area contributed by atoms with Crippen LogP contribution in [0.3, 0.4) is 0 Å². The molecule has 0 saturated carbocycles. The first-order valence-electron chi connectivity index (χ1n) is 8.92. The molecule has 0 bridgehead atoms. The van der Waals surface area contributed by atoms with E-state index in [2.05, 4.69) is 69.2 Å². The van der Waals surface area contributed by atoms with Gasteiger partial charge in [0.25, 0.3) is 0 Å². The maximum atomic E-state index is 6.10. The summed E-state index contributed by atoms with van der Waals surface area (Å²) in [5, 5.41) is 4.49. The predicted molar refractivity (Wildman–Crippen MR) is 105 cm³/mol. The van der Waals surface area contributed by atoms with Crippen molar-refractivity contribution < 1.29 is 9.31 Å². The second-order valence-corrected chi connectivity index (χ2v) is 7.72. The molecule has 0 spiro atoms. The van der Waals surface area contributed by atoms with Crippen LogP contribution in [-0.4, -0.2) is 28.1 Å². The van der Waals surface area contributed by atoms with Gasteiger partial charge in [-0.1, -0.05) is 42.5 Å². The van der Waals surface area contributed by atoms with Crippen molar-refractivity contribution in [2.45, 2.75) is 38.9 Å². The summed E-state index contributed by atoms with van der Waals surface area (Å²) < 4.78 is 14.1. The minimum absolute atomic E-state index is 0.350. The van der Waals surface area contributed by atoms with Gasteiger partial charge in [0, 0.05) is 17.9 Å². The van der Waals surface area contributed by atoms with Gasteiger partial charge in [-0.2, -0.15) is 5.10 Å². The van der Waals surface area contributed by atoms with Crippen LogP contribution in [0.25, 0.3) is 16.8 Å². The summed E-state index contributed by atoms with van der Waals surface area (Å²) in [6, 6.07) is 18.7. The Morgan fingerprint density at radius 3 is 2.00 bits per heavy atom. The molecule has 3 aromatic rings. The molecule has 26 heavy (non-hydrogen) atoms. The molecule has 1 aromatic heterocycles. The Hall–Kier alpha value is -2.37. The second kappa shape index (κ2) is 6.11. The molecule has 0 unspecified atom stereocenters. The van der Waals surface area contributed by atoms with Crippen LogP contribution < -0.4 is 5.46 Å². The van der Waals surface area contributed by atoms with E-state index in [1.165, 1.54) is 11.1 Å². The highest BCUT2D eigenvalue weighted by Gasteiger charge is 2.52. The van der Waals surface area contributed by atoms with Gasteiger partial charge in [-0.25, -0.2) is 4.68 Å². The van der Waals surface area contributed by atoms with Crippen molar-refractivity contribution >= 4 is 12.6 Å². The van der Waals surface area contributed by atoms with Crippen LogP contribution in [0.5, 0.6) is 0 Å². The summed E-state index contributed by atoms with van der Waals surface area (Å²) in [7, 11) is -0.391. The van der Waals surface area contributed by atoms with Crippen LogP contribution >= 0.6 is 0 Å². The molecule has 0 N–H and O–H groups in total. The van der Waals surface area contributed by atoms with E-state index in [4.69, 9.17) is 9.31 Å². The topological polar surface area (TPSA) is 36.3 Å². The zero-order valence-corrected chi connectivity index (χ0v) is 15.6. The van der Waals surface area contributed by atoms with E-state index in [-0.39, 0.29) is 11.2 Å². The Balaban J connectivity index is 1.55. The first kappa shape index (κ1) is 17.1. The van der Waals surface area contributed by atoms with Crippen LogP contribution in [0.15, 0.2) is 67.0 Å². The highest BCUT2D eigenvalue weighted by Crippen LogP contribution is 2.36. The molecule has 0 radical (unpaired) electrons. The van der Waals surface area contributed by atoms with Gasteiger partial charge >= 0.3 is 7.12 Å². The molecule has 0 aliphatic carbocycles. The summed E-state index contributed by atoms with van der Waals surface area (Å²) in [6.07, 6.45) is 3.78. The van der Waals surface area contributed by atoms with Gasteiger partial charge in [0.2, 0.25) is 0 Å². The molecule has 2 heterocycles. The number of nitrogens with zero attached hydrogens (tertiary/aromatic N) is 2. The summed E-state index contributed by atoms with van der Waals surface area (Å²) >= 11 is 0. The summed E-state index contributed by atoms with van der Waals surface area (Å²) in [5.41, 5.74) is 3.63. The number of rotatable bonds is 3. The Labute approximate surface area is 154 Å². The minimum Gasteiger partial charge on any atom is -0.399 e. The van der Waals surface area contributed by atoms with Gasteiger partial charge in [0.05, 0.1) is 16.9 Å². The van der Waals surface area contributed by atoms with Crippen LogP contribution in [0, 0.1) is 0 Å². The zero-order valence-electron chi connectivity index (χ0n) is 15.6. The van der Waals surface area contributed by atoms with Crippen LogP contribution in [0.4, 0.5) is 0 Å². The third kappa shape index (κ3) is 2.98. The molecule has 4 nitrogen and oxygen atoms in total. The van der Waals surface area contributed by atoms with E-state index in [0.717, 1.165) is 11.2 Å². The molecule has 5 heteroatoms. The smallest absolute Gasteiger partial charge is 0.399 e. The van der Waals surface area contributed by atoms with Gasteiger partial charge < -0.3 is 9.31 Å². The monoisotopic (exact) mass is 346 g/mol. The van der Waals surface area contributed by atoms with Crippen molar-refractivity contribution in [2.75, 3.05) is 0 Å². The summed E-state index contributed by atoms with van der Waals surface area (Å²) in [6.45, 7) is 8.22. The Bertz CT molecular complexity index is 885. The molecular weight excluding hydrogens is 323 g/mol. The average Bonchev–Trinajstić information content (AvgIpc) is 3.19. The van der Waals surface area contributed by atoms with Crippen LogP contribution in [0.1, 0.15) is 27.7 Å². The predicted octanol–water partition coefficient (Wildman–Crippen LogP) is 3.84. The largest absolute Gasteiger partial charge is 0.498 e. The van der Waals surface area contributed by atoms with E-state index in [1.54, 1.807) is 0 Å². The van der Waals surface area contributed by atoms with E-state index in [0.29, 0.717) is 0 Å². The Morgan fingerprint density at radius 2 is 1.38 bits per heavy atom. The first-order valence-corrected chi connectivity index (χ1v) is 8.92. The van der Waals surface area contributed by atoms with Crippen LogP contribution in [0.2, 0.25) is 0 Å². The highest BCUT2D eigenvalue weighted by atomic mass is 16.7. The summed E-state index contributed by atoms with van der Waals surface area (Å²) in [5.74, 6) is 0. The van der Waals surface area contributed by atoms with Crippen molar-refractivity contribution in [1.29, 1.82) is 0 Å². The fraction of sp³-hybridized carbons (Fsp3) is 0.286. The summed E-state index contributed by atoms with van der Waals surface area (Å²) in [4.78, 5) is 0. The lowest BCUT2D eigenvalue weighted by Gasteiger charge is -2.32. The van der Waals surface area contributed by atoms with Crippen LogP contribution in [-0.2, 0) is 9.31 Å². The second-order valence-electron chi connectivity index (χ2n) is 7.72. The van der Waals surface area contributed by atoms with Crippen molar-refractivity contribution in [1.82, 2.24) is 9.78 Å². The van der Waals surface area contributed by atoms with Gasteiger partial charge in [-0.3, -0.25) is 0 Å². The van der Waals surface area contributed by atoms with E-state index >= 15 is 0 Å². The fourth-order valence-electron chi connectivity index (χ4n) is 3.02. The first-order chi connectivity index (χ1) is 12.4. The fourth-order valence-corrected chi connectivity index (χ4v) is 3.02. The third-order valence-electron chi connectivity index (χ3n) is 5.37. The Morgan fingerprint density at radius 1 is 0.808 bits per heavy atom. The molecule has 0 amide bonds. The van der Waals surface area contributed by atoms with Gasteiger partial charge in [-0.15, -0.1) is 0 Å². The lowest BCUT2D eigenvalue weighted by Crippen LogP contribution is -2.41. The van der Waals surface area contributed by atoms with Crippen molar-refractivity contribution in [3.05, 3.63) is 67.0 Å². The lowest BCUT2D eigenvalue weighted by molar-refractivity contribution is 0.00578. The van der Waals surface area contributed by atoms with Crippen molar-refractivity contribution in [2.24, 2.45) is 0 Å². The van der Waals surface area contributed by atoms with E-state index in [9.17, 15) is 0 Å². The average molecular weight is 346 g/mol. The minimum atomic E-state index is -0.391. The standard InChI is InChI=1S/C21H23BN2O2/c1-20(2)21(3,4)26-22(25-20)18-14-23-24(15-18)19-12-10-17(11-13-19)16-8-6-5-7-9-16/h5-15H,1-4H3. The molecule has 2 aromatic carbocycles. The molecular formula is C21H23BN2O2. The van der Waals surface area contributed by atoms with E-state index < -0.39 is 7.12 Å². The maximum Gasteiger partial charge on any atom is 0.498 e. The zero-order chi connectivity index (χ0) is 18.4. The normalized spacial score (nSPS) is 18.2. The molecule has 4 rings (SSSR count). The van der Waals surface area contributed by atoms with Crippen molar-refractivity contribution in [3.63, 3.8) is 0 Å². The number of benzene rings is 2. The molecule has 132 valence electrons. The van der Waals surface area contributed by atoms with Gasteiger partial charge in [0.15, 0.2) is 0 Å². The quantitative estimate of drug-likeness (QED) is 0.676. The lowest BCUT2D eigenvalue weighted by atomic mass is 9.82. The Kier molecular flexibility index (Phi) is 4.01. The molecule has 1 fully saturated rings.